The summed E-state index contributed by atoms with van der Waals surface area (Å²) < 4.78 is 0.977. The Bertz CT molecular complexity index is 666. The summed E-state index contributed by atoms with van der Waals surface area (Å²) in [6.45, 7) is 4.28. The number of aromatic hydroxyl groups is 1. The van der Waals surface area contributed by atoms with E-state index in [0.717, 1.165) is 41.2 Å². The molecular formula is C19H23IO2. The summed E-state index contributed by atoms with van der Waals surface area (Å²) in [5.74, 6) is 2.82. The van der Waals surface area contributed by atoms with Crippen LogP contribution in [0.15, 0.2) is 6.07 Å². The molecule has 0 aliphatic heterocycles. The second-order valence-corrected chi connectivity index (χ2v) is 8.90. The minimum Gasteiger partial charge on any atom is -0.507 e. The molecule has 2 fully saturated rings. The Morgan fingerprint density at radius 1 is 1.27 bits per heavy atom. The van der Waals surface area contributed by atoms with Crippen molar-refractivity contribution in [2.75, 3.05) is 0 Å². The second-order valence-electron chi connectivity index (χ2n) is 7.73. The first-order chi connectivity index (χ1) is 10.4. The molecule has 0 amide bonds. The highest BCUT2D eigenvalue weighted by Gasteiger charge is 2.54. The largest absolute Gasteiger partial charge is 0.507 e. The van der Waals surface area contributed by atoms with Crippen LogP contribution in [0.1, 0.15) is 61.6 Å². The molecule has 3 aliphatic rings. The summed E-state index contributed by atoms with van der Waals surface area (Å²) >= 11 is 2.25. The van der Waals surface area contributed by atoms with Crippen molar-refractivity contribution in [3.63, 3.8) is 0 Å². The molecule has 3 heteroatoms. The molecule has 2 saturated carbocycles. The van der Waals surface area contributed by atoms with Crippen LogP contribution < -0.4 is 0 Å². The monoisotopic (exact) mass is 410 g/mol. The van der Waals surface area contributed by atoms with Gasteiger partial charge >= 0.3 is 0 Å². The zero-order chi connectivity index (χ0) is 15.6. The van der Waals surface area contributed by atoms with Crippen molar-refractivity contribution < 1.29 is 9.90 Å². The molecule has 0 saturated heterocycles. The van der Waals surface area contributed by atoms with Crippen molar-refractivity contribution in [1.82, 2.24) is 0 Å². The Morgan fingerprint density at radius 3 is 2.82 bits per heavy atom. The van der Waals surface area contributed by atoms with E-state index in [9.17, 15) is 9.90 Å². The standard InChI is InChI=1S/C19H23IO2/c1-10-11-3-4-13-12(14(11)9-16(20)18(10)22)7-8-19(2)15(13)5-6-17(19)21/h9,12-13,15,22H,3-8H2,1-2H3/t12-,13+,15-,19?/m0/s1. The number of ketones is 1. The van der Waals surface area contributed by atoms with Gasteiger partial charge in [0, 0.05) is 11.8 Å². The van der Waals surface area contributed by atoms with E-state index in [1.54, 1.807) is 0 Å². The van der Waals surface area contributed by atoms with Gasteiger partial charge in [-0.1, -0.05) is 6.92 Å². The minimum atomic E-state index is -0.0439. The first kappa shape index (κ1) is 15.0. The number of benzene rings is 1. The van der Waals surface area contributed by atoms with Crippen LogP contribution in [0.5, 0.6) is 5.75 Å². The Hall–Kier alpha value is -0.580. The molecule has 4 atom stereocenters. The SMILES string of the molecule is Cc1c(O)c(I)cc2c1CC[C@@H]1[C@@H]2CCC2(C)C(=O)CC[C@@H]12. The van der Waals surface area contributed by atoms with Crippen molar-refractivity contribution in [2.24, 2.45) is 17.3 Å². The first-order valence-electron chi connectivity index (χ1n) is 8.47. The van der Waals surface area contributed by atoms with Crippen LogP contribution in [-0.2, 0) is 11.2 Å². The van der Waals surface area contributed by atoms with Crippen LogP contribution in [0.4, 0.5) is 0 Å². The summed E-state index contributed by atoms with van der Waals surface area (Å²) in [5, 5.41) is 10.2. The van der Waals surface area contributed by atoms with E-state index in [4.69, 9.17) is 0 Å². The Kier molecular flexibility index (Phi) is 3.37. The minimum absolute atomic E-state index is 0.0439. The predicted molar refractivity (Wildman–Crippen MR) is 95.2 cm³/mol. The van der Waals surface area contributed by atoms with Gasteiger partial charge in [0.25, 0.3) is 0 Å². The van der Waals surface area contributed by atoms with E-state index >= 15 is 0 Å². The number of halogens is 1. The topological polar surface area (TPSA) is 37.3 Å². The number of rotatable bonds is 0. The highest BCUT2D eigenvalue weighted by molar-refractivity contribution is 14.1. The normalized spacial score (nSPS) is 36.7. The first-order valence-corrected chi connectivity index (χ1v) is 9.55. The summed E-state index contributed by atoms with van der Waals surface area (Å²) in [4.78, 5) is 12.4. The maximum atomic E-state index is 12.4. The molecular weight excluding hydrogens is 387 g/mol. The van der Waals surface area contributed by atoms with E-state index in [2.05, 4.69) is 42.5 Å². The molecule has 1 aromatic rings. The van der Waals surface area contributed by atoms with Crippen LogP contribution in [-0.4, -0.2) is 10.9 Å². The van der Waals surface area contributed by atoms with Crippen molar-refractivity contribution in [1.29, 1.82) is 0 Å². The quantitative estimate of drug-likeness (QED) is 0.628. The van der Waals surface area contributed by atoms with Gasteiger partial charge in [-0.3, -0.25) is 4.79 Å². The molecule has 22 heavy (non-hydrogen) atoms. The zero-order valence-corrected chi connectivity index (χ0v) is 15.4. The van der Waals surface area contributed by atoms with Gasteiger partial charge in [0.1, 0.15) is 11.5 Å². The Balaban J connectivity index is 1.78. The molecule has 1 unspecified atom stereocenters. The van der Waals surface area contributed by atoms with Crippen molar-refractivity contribution in [2.45, 2.75) is 58.3 Å². The fraction of sp³-hybridized carbons (Fsp3) is 0.632. The fourth-order valence-corrected chi connectivity index (χ4v) is 6.39. The molecule has 118 valence electrons. The summed E-state index contributed by atoms with van der Waals surface area (Å²) in [6.07, 6.45) is 6.33. The highest BCUT2D eigenvalue weighted by atomic mass is 127. The highest BCUT2D eigenvalue weighted by Crippen LogP contribution is 2.60. The van der Waals surface area contributed by atoms with E-state index in [-0.39, 0.29) is 5.41 Å². The number of hydrogen-bond donors (Lipinski definition) is 1. The second kappa shape index (κ2) is 4.96. The molecule has 0 radical (unpaired) electrons. The summed E-state index contributed by atoms with van der Waals surface area (Å²) in [7, 11) is 0. The average molecular weight is 410 g/mol. The number of phenolic OH excluding ortho intramolecular Hbond substituents is 1. The molecule has 0 heterocycles. The molecule has 0 spiro atoms. The van der Waals surface area contributed by atoms with E-state index in [1.165, 1.54) is 17.5 Å². The Labute approximate surface area is 145 Å². The van der Waals surface area contributed by atoms with Gasteiger partial charge in [0.15, 0.2) is 0 Å². The van der Waals surface area contributed by atoms with E-state index < -0.39 is 0 Å². The number of carbonyl (C=O) groups excluding carboxylic acids is 1. The van der Waals surface area contributed by atoms with Crippen LogP contribution in [0.25, 0.3) is 0 Å². The van der Waals surface area contributed by atoms with Gasteiger partial charge in [0.05, 0.1) is 3.57 Å². The van der Waals surface area contributed by atoms with Gasteiger partial charge < -0.3 is 5.11 Å². The van der Waals surface area contributed by atoms with Gasteiger partial charge in [-0.25, -0.2) is 0 Å². The zero-order valence-electron chi connectivity index (χ0n) is 13.3. The van der Waals surface area contributed by atoms with Crippen LogP contribution in [0.3, 0.4) is 0 Å². The van der Waals surface area contributed by atoms with Crippen molar-refractivity contribution in [3.05, 3.63) is 26.3 Å². The third kappa shape index (κ3) is 1.87. The van der Waals surface area contributed by atoms with Gasteiger partial charge in [-0.05, 0) is 102 Å². The summed E-state index contributed by atoms with van der Waals surface area (Å²) in [6, 6.07) is 2.22. The molecule has 0 aromatic heterocycles. The number of hydrogen-bond acceptors (Lipinski definition) is 2. The lowest BCUT2D eigenvalue weighted by atomic mass is 9.55. The molecule has 0 bridgehead atoms. The molecule has 1 aromatic carbocycles. The van der Waals surface area contributed by atoms with Crippen molar-refractivity contribution in [3.8, 4) is 5.75 Å². The number of fused-ring (bicyclic) bond motifs is 5. The summed E-state index contributed by atoms with van der Waals surface area (Å²) in [5.41, 5.74) is 3.89. The van der Waals surface area contributed by atoms with Crippen LogP contribution in [0.2, 0.25) is 0 Å². The van der Waals surface area contributed by atoms with Crippen molar-refractivity contribution >= 4 is 28.4 Å². The third-order valence-electron chi connectivity index (χ3n) is 6.94. The maximum absolute atomic E-state index is 12.4. The fourth-order valence-electron chi connectivity index (χ4n) is 5.65. The lowest BCUT2D eigenvalue weighted by molar-refractivity contribution is -0.129. The predicted octanol–water partition coefficient (Wildman–Crippen LogP) is 4.73. The number of phenols is 1. The molecule has 2 nitrogen and oxygen atoms in total. The lowest BCUT2D eigenvalue weighted by Gasteiger charge is -2.48. The molecule has 1 N–H and O–H groups in total. The van der Waals surface area contributed by atoms with Crippen LogP contribution >= 0.6 is 22.6 Å². The maximum Gasteiger partial charge on any atom is 0.139 e. The van der Waals surface area contributed by atoms with Gasteiger partial charge in [-0.15, -0.1) is 0 Å². The van der Waals surface area contributed by atoms with Gasteiger partial charge in [0.2, 0.25) is 0 Å². The number of Topliss-reactive ketones (excluding diaryl/α,β-unsaturated/α-hetero) is 1. The van der Waals surface area contributed by atoms with E-state index in [1.807, 2.05) is 0 Å². The number of carbonyl (C=O) groups is 1. The van der Waals surface area contributed by atoms with E-state index in [0.29, 0.717) is 29.3 Å². The van der Waals surface area contributed by atoms with Gasteiger partial charge in [-0.2, -0.15) is 0 Å². The average Bonchev–Trinajstić information content (AvgIpc) is 2.80. The van der Waals surface area contributed by atoms with Crippen LogP contribution in [0, 0.1) is 27.7 Å². The Morgan fingerprint density at radius 2 is 2.05 bits per heavy atom. The lowest BCUT2D eigenvalue weighted by Crippen LogP contribution is -2.42. The smallest absolute Gasteiger partial charge is 0.139 e. The third-order valence-corrected chi connectivity index (χ3v) is 7.76. The molecule has 3 aliphatic carbocycles. The molecule has 4 rings (SSSR count).